The molecule has 3 amide bonds. The maximum Gasteiger partial charge on any atom is 0.290 e. The largest absolute Gasteiger partial charge is 0.360 e. The van der Waals surface area contributed by atoms with Crippen molar-refractivity contribution in [2.24, 2.45) is 0 Å². The number of benzene rings is 3. The van der Waals surface area contributed by atoms with Crippen molar-refractivity contribution in [3.8, 4) is 0 Å². The van der Waals surface area contributed by atoms with E-state index in [1.165, 1.54) is 4.90 Å². The Hall–Kier alpha value is -3.75. The molecule has 3 heterocycles. The molecule has 0 aromatic heterocycles. The van der Waals surface area contributed by atoms with Crippen LogP contribution in [0.25, 0.3) is 0 Å². The smallest absolute Gasteiger partial charge is 0.290 e. The number of thioether (sulfide) groups is 1. The number of nitrogens with one attached hydrogen (secondary N) is 1. The van der Waals surface area contributed by atoms with Crippen molar-refractivity contribution in [2.45, 2.75) is 22.7 Å². The number of imide groups is 1. The van der Waals surface area contributed by atoms with Crippen LogP contribution in [0.15, 0.2) is 97.6 Å². The number of amides is 3. The van der Waals surface area contributed by atoms with Gasteiger partial charge in [0, 0.05) is 12.1 Å². The van der Waals surface area contributed by atoms with Gasteiger partial charge in [0.15, 0.2) is 10.3 Å². The molecule has 1 N–H and O–H groups in total. The molecule has 2 spiro atoms. The summed E-state index contributed by atoms with van der Waals surface area (Å²) in [5.74, 6) is -1.37. The quantitative estimate of drug-likeness (QED) is 0.383. The van der Waals surface area contributed by atoms with E-state index in [1.807, 2.05) is 84.9 Å². The number of nitrogens with zero attached hydrogens (tertiary/aromatic N) is 2. The summed E-state index contributed by atoms with van der Waals surface area (Å²) in [5.41, 5.74) is 1.72. The topological polar surface area (TPSA) is 69.7 Å². The molecule has 3 aromatic carbocycles. The van der Waals surface area contributed by atoms with Gasteiger partial charge in [-0.15, -0.1) is 6.58 Å². The van der Waals surface area contributed by atoms with E-state index in [4.69, 9.17) is 12.2 Å². The molecule has 3 aromatic rings. The molecular weight excluding hydrogens is 502 g/mol. The third-order valence-corrected chi connectivity index (χ3v) is 9.23. The second-order valence-corrected chi connectivity index (χ2v) is 10.9. The number of anilines is 1. The van der Waals surface area contributed by atoms with Crippen LogP contribution in [0.2, 0.25) is 0 Å². The first kappa shape index (κ1) is 23.6. The summed E-state index contributed by atoms with van der Waals surface area (Å²) < 4.78 is -1.46. The third kappa shape index (κ3) is 3.19. The Balaban J connectivity index is 1.55. The highest BCUT2D eigenvalue weighted by Crippen LogP contribution is 2.62. The van der Waals surface area contributed by atoms with E-state index in [1.54, 1.807) is 11.0 Å². The van der Waals surface area contributed by atoms with E-state index < -0.39 is 22.1 Å². The van der Waals surface area contributed by atoms with Crippen molar-refractivity contribution < 1.29 is 14.4 Å². The van der Waals surface area contributed by atoms with Gasteiger partial charge in [-0.3, -0.25) is 19.3 Å². The highest BCUT2D eigenvalue weighted by atomic mass is 32.2. The van der Waals surface area contributed by atoms with E-state index in [-0.39, 0.29) is 22.7 Å². The van der Waals surface area contributed by atoms with Gasteiger partial charge in [-0.2, -0.15) is 0 Å². The van der Waals surface area contributed by atoms with Gasteiger partial charge in [0.2, 0.25) is 0 Å². The number of hydrogen-bond acceptors (Lipinski definition) is 5. The average molecular weight is 526 g/mol. The lowest BCUT2D eigenvalue weighted by Gasteiger charge is -2.35. The van der Waals surface area contributed by atoms with Gasteiger partial charge in [0.05, 0.1) is 18.2 Å². The average Bonchev–Trinajstić information content (AvgIpc) is 3.42. The van der Waals surface area contributed by atoms with Crippen molar-refractivity contribution >= 4 is 51.7 Å². The van der Waals surface area contributed by atoms with Gasteiger partial charge < -0.3 is 10.2 Å². The summed E-state index contributed by atoms with van der Waals surface area (Å²) >= 11 is 6.80. The predicted octanol–water partition coefficient (Wildman–Crippen LogP) is 4.76. The number of rotatable bonds is 5. The van der Waals surface area contributed by atoms with Crippen LogP contribution in [0.1, 0.15) is 22.6 Å². The summed E-state index contributed by atoms with van der Waals surface area (Å²) in [6, 6.07) is 26.3. The zero-order valence-electron chi connectivity index (χ0n) is 19.8. The van der Waals surface area contributed by atoms with Crippen LogP contribution in [-0.4, -0.2) is 38.2 Å². The van der Waals surface area contributed by atoms with Gasteiger partial charge in [-0.25, -0.2) is 0 Å². The van der Waals surface area contributed by atoms with Crippen LogP contribution in [0.4, 0.5) is 10.5 Å². The number of carbonyl (C=O) groups excluding carboxylic acids is 3. The minimum absolute atomic E-state index is 0.136. The summed E-state index contributed by atoms with van der Waals surface area (Å²) in [6.45, 7) is 4.27. The van der Waals surface area contributed by atoms with Crippen molar-refractivity contribution in [2.75, 3.05) is 11.4 Å². The van der Waals surface area contributed by atoms with Crippen molar-refractivity contribution in [1.29, 1.82) is 0 Å². The summed E-state index contributed by atoms with van der Waals surface area (Å²) in [5, 5.41) is 2.95. The molecule has 0 radical (unpaired) electrons. The zero-order chi connectivity index (χ0) is 25.8. The molecule has 6 nitrogen and oxygen atoms in total. The third-order valence-electron chi connectivity index (χ3n) is 7.35. The minimum Gasteiger partial charge on any atom is -0.360 e. The fourth-order valence-electron chi connectivity index (χ4n) is 5.85. The lowest BCUT2D eigenvalue weighted by atomic mass is 9.71. The first-order valence-corrected chi connectivity index (χ1v) is 13.2. The maximum absolute atomic E-state index is 14.3. The van der Waals surface area contributed by atoms with Gasteiger partial charge in [0.1, 0.15) is 4.99 Å². The highest BCUT2D eigenvalue weighted by molar-refractivity contribution is 8.17. The first-order chi connectivity index (χ1) is 17.9. The molecule has 3 aliphatic rings. The first-order valence-electron chi connectivity index (χ1n) is 11.9. The molecule has 0 bridgehead atoms. The highest BCUT2D eigenvalue weighted by Gasteiger charge is 2.75. The number of fused-ring (bicyclic) bond motifs is 2. The fourth-order valence-corrected chi connectivity index (χ4v) is 7.64. The number of carbonyl (C=O) groups is 3. The molecule has 0 aliphatic carbocycles. The lowest BCUT2D eigenvalue weighted by molar-refractivity contribution is -0.129. The Morgan fingerprint density at radius 2 is 1.54 bits per heavy atom. The Morgan fingerprint density at radius 1 is 0.892 bits per heavy atom. The maximum atomic E-state index is 14.3. The van der Waals surface area contributed by atoms with E-state index >= 15 is 0 Å². The summed E-state index contributed by atoms with van der Waals surface area (Å²) in [7, 11) is 0. The lowest BCUT2D eigenvalue weighted by Crippen LogP contribution is -2.52. The van der Waals surface area contributed by atoms with Crippen LogP contribution in [-0.2, 0) is 21.7 Å². The van der Waals surface area contributed by atoms with Crippen LogP contribution in [0.5, 0.6) is 0 Å². The van der Waals surface area contributed by atoms with Gasteiger partial charge >= 0.3 is 0 Å². The molecule has 2 saturated heterocycles. The SMILES string of the molecule is C=CCN1C(=O)[C@]2(NC(=S)[C@]3(SC(=O)N(Cc4ccccc4)C3=O)[C@@H]2c2ccccc2)c2ccccc21. The Bertz CT molecular complexity index is 1460. The fraction of sp³-hybridized carbons (Fsp3) is 0.172. The molecule has 8 heteroatoms. The minimum atomic E-state index is -1.46. The molecule has 0 saturated carbocycles. The van der Waals surface area contributed by atoms with Crippen LogP contribution >= 0.6 is 24.0 Å². The second-order valence-electron chi connectivity index (χ2n) is 9.31. The van der Waals surface area contributed by atoms with E-state index in [9.17, 15) is 14.4 Å². The summed E-state index contributed by atoms with van der Waals surface area (Å²) in [6.07, 6.45) is 1.68. The van der Waals surface area contributed by atoms with Crippen LogP contribution in [0.3, 0.4) is 0 Å². The Morgan fingerprint density at radius 3 is 2.24 bits per heavy atom. The van der Waals surface area contributed by atoms with Crippen molar-refractivity contribution in [1.82, 2.24) is 10.2 Å². The molecule has 6 rings (SSSR count). The van der Waals surface area contributed by atoms with Crippen molar-refractivity contribution in [3.63, 3.8) is 0 Å². The standard InChI is InChI=1S/C29H23N3O3S2/c1-2-17-31-22-16-10-9-15-21(22)28(25(31)33)23(20-13-7-4-8-14-20)29(24(36)30-28)26(34)32(27(35)37-29)18-19-11-5-3-6-12-19/h2-16,23H,1,17-18H2,(H,30,36)/t23-,28+,29-/m1/s1. The molecule has 0 unspecified atom stereocenters. The number of hydrogen-bond donors (Lipinski definition) is 1. The predicted molar refractivity (Wildman–Crippen MR) is 148 cm³/mol. The summed E-state index contributed by atoms with van der Waals surface area (Å²) in [4.78, 5) is 45.2. The zero-order valence-corrected chi connectivity index (χ0v) is 21.4. The second kappa shape index (κ2) is 8.68. The Kier molecular flexibility index (Phi) is 5.54. The molecule has 3 aliphatic heterocycles. The molecule has 37 heavy (non-hydrogen) atoms. The number of para-hydroxylation sites is 1. The number of thiocarbonyl (C=S) groups is 1. The Labute approximate surface area is 224 Å². The normalized spacial score (nSPS) is 26.3. The van der Waals surface area contributed by atoms with Gasteiger partial charge in [-0.1, -0.05) is 97.2 Å². The van der Waals surface area contributed by atoms with Crippen LogP contribution in [0, 0.1) is 0 Å². The molecule has 2 fully saturated rings. The molecular formula is C29H23N3O3S2. The van der Waals surface area contributed by atoms with Crippen molar-refractivity contribution in [3.05, 3.63) is 114 Å². The van der Waals surface area contributed by atoms with E-state index in [0.717, 1.165) is 34.1 Å². The monoisotopic (exact) mass is 525 g/mol. The molecule has 184 valence electrons. The van der Waals surface area contributed by atoms with Crippen LogP contribution < -0.4 is 10.2 Å². The van der Waals surface area contributed by atoms with Gasteiger partial charge in [-0.05, 0) is 29.0 Å². The van der Waals surface area contributed by atoms with Gasteiger partial charge in [0.25, 0.3) is 17.1 Å². The van der Waals surface area contributed by atoms with E-state index in [2.05, 4.69) is 11.9 Å². The molecule has 3 atom stereocenters. The van der Waals surface area contributed by atoms with E-state index in [0.29, 0.717) is 6.54 Å².